The molecule has 2 amide bonds. The van der Waals surface area contributed by atoms with Crippen LogP contribution in [0.3, 0.4) is 0 Å². The van der Waals surface area contributed by atoms with Crippen molar-refractivity contribution in [1.29, 1.82) is 0 Å². The Hall–Kier alpha value is -3.92. The quantitative estimate of drug-likeness (QED) is 0.295. The summed E-state index contributed by atoms with van der Waals surface area (Å²) in [5.41, 5.74) is 8.68. The van der Waals surface area contributed by atoms with Gasteiger partial charge in [0.2, 0.25) is 0 Å². The Balaban J connectivity index is 1.38. The van der Waals surface area contributed by atoms with E-state index < -0.39 is 11.4 Å². The van der Waals surface area contributed by atoms with Crippen LogP contribution >= 0.6 is 0 Å². The van der Waals surface area contributed by atoms with Crippen LogP contribution in [-0.2, 0) is 6.54 Å². The van der Waals surface area contributed by atoms with Crippen molar-refractivity contribution in [1.82, 2.24) is 30.5 Å². The van der Waals surface area contributed by atoms with Crippen LogP contribution in [-0.4, -0.2) is 52.1 Å². The Morgan fingerprint density at radius 1 is 1.16 bits per heavy atom. The van der Waals surface area contributed by atoms with E-state index in [0.717, 1.165) is 17.6 Å². The van der Waals surface area contributed by atoms with E-state index in [1.807, 2.05) is 18.2 Å². The number of urea groups is 1. The van der Waals surface area contributed by atoms with Crippen molar-refractivity contribution in [2.24, 2.45) is 0 Å². The van der Waals surface area contributed by atoms with Crippen molar-refractivity contribution in [2.45, 2.75) is 6.54 Å². The lowest BCUT2D eigenvalue weighted by Crippen LogP contribution is -2.34. The number of nitrogen functional groups attached to an aromatic ring is 1. The number of aromatic amines is 2. The molecular formula is C22H22FN7O2. The molecule has 164 valence electrons. The van der Waals surface area contributed by atoms with Gasteiger partial charge in [-0.1, -0.05) is 12.1 Å². The van der Waals surface area contributed by atoms with Gasteiger partial charge in [-0.3, -0.25) is 4.79 Å². The van der Waals surface area contributed by atoms with Crippen LogP contribution in [0.15, 0.2) is 41.2 Å². The summed E-state index contributed by atoms with van der Waals surface area (Å²) in [6.45, 7) is 3.35. The van der Waals surface area contributed by atoms with Crippen LogP contribution in [0.2, 0.25) is 0 Å². The number of amides is 2. The number of carbonyl (C=O) groups is 1. The van der Waals surface area contributed by atoms with Gasteiger partial charge in [0.15, 0.2) is 0 Å². The van der Waals surface area contributed by atoms with Gasteiger partial charge in [0, 0.05) is 32.7 Å². The fourth-order valence-electron chi connectivity index (χ4n) is 4.03. The summed E-state index contributed by atoms with van der Waals surface area (Å²) in [7, 11) is 0. The average molecular weight is 435 g/mol. The summed E-state index contributed by atoms with van der Waals surface area (Å²) >= 11 is 0. The molecule has 1 fully saturated rings. The van der Waals surface area contributed by atoms with Crippen molar-refractivity contribution < 1.29 is 9.18 Å². The topological polar surface area (TPSA) is 132 Å². The number of pyridine rings is 1. The van der Waals surface area contributed by atoms with Crippen LogP contribution in [0.1, 0.15) is 5.56 Å². The number of carbonyl (C=O) groups excluding carboxylic acids is 1. The number of nitrogens with two attached hydrogens (primary N) is 1. The van der Waals surface area contributed by atoms with Gasteiger partial charge in [-0.25, -0.2) is 14.2 Å². The highest BCUT2D eigenvalue weighted by Gasteiger charge is 2.19. The molecule has 1 saturated heterocycles. The molecule has 4 aromatic rings. The molecule has 9 nitrogen and oxygen atoms in total. The van der Waals surface area contributed by atoms with Gasteiger partial charge < -0.3 is 31.2 Å². The maximum absolute atomic E-state index is 14.3. The molecule has 0 atom stereocenters. The minimum Gasteiger partial charge on any atom is -0.397 e. The zero-order chi connectivity index (χ0) is 22.2. The number of anilines is 1. The van der Waals surface area contributed by atoms with Gasteiger partial charge in [0.25, 0.3) is 5.56 Å². The number of nitrogens with one attached hydrogen (secondary N) is 4. The number of rotatable bonds is 6. The number of aromatic nitrogens is 3. The molecule has 5 rings (SSSR count). The first-order valence-electron chi connectivity index (χ1n) is 10.3. The van der Waals surface area contributed by atoms with Gasteiger partial charge >= 0.3 is 6.03 Å². The van der Waals surface area contributed by atoms with Gasteiger partial charge in [-0.05, 0) is 29.8 Å². The molecule has 2 aromatic heterocycles. The molecule has 1 aliphatic rings. The van der Waals surface area contributed by atoms with Crippen LogP contribution in [0.25, 0.3) is 33.3 Å². The maximum Gasteiger partial charge on any atom is 0.317 e. The van der Waals surface area contributed by atoms with Crippen molar-refractivity contribution in [3.63, 3.8) is 0 Å². The van der Waals surface area contributed by atoms with Crippen LogP contribution in [0.4, 0.5) is 14.9 Å². The van der Waals surface area contributed by atoms with Gasteiger partial charge in [-0.15, -0.1) is 0 Å². The molecule has 6 N–H and O–H groups in total. The second-order valence-electron chi connectivity index (χ2n) is 7.74. The van der Waals surface area contributed by atoms with Gasteiger partial charge in [0.05, 0.1) is 27.6 Å². The monoisotopic (exact) mass is 435 g/mol. The maximum atomic E-state index is 14.3. The van der Waals surface area contributed by atoms with Crippen molar-refractivity contribution >= 4 is 33.7 Å². The standard InChI is InChI=1S/C22H22FN7O2/c23-13-2-1-3-15-17(13)19(24)18(21(31)29-15)20-27-14-5-4-12(10-16(14)28-20)11-25-6-8-30-9-7-26-22(30)32/h1-5,10,25H,6-9,11H2,(H,26,32)(H,27,28)(H3,24,29,31). The van der Waals surface area contributed by atoms with Crippen LogP contribution < -0.4 is 21.9 Å². The van der Waals surface area contributed by atoms with Crippen LogP contribution in [0.5, 0.6) is 0 Å². The largest absolute Gasteiger partial charge is 0.397 e. The second kappa shape index (κ2) is 7.97. The van der Waals surface area contributed by atoms with E-state index in [-0.39, 0.29) is 28.5 Å². The molecule has 0 saturated carbocycles. The summed E-state index contributed by atoms with van der Waals surface area (Å²) in [5, 5.41) is 6.27. The Bertz CT molecular complexity index is 1390. The highest BCUT2D eigenvalue weighted by Crippen LogP contribution is 2.29. The van der Waals surface area contributed by atoms with E-state index in [1.165, 1.54) is 12.1 Å². The fraction of sp³-hybridized carbons (Fsp3) is 0.227. The smallest absolute Gasteiger partial charge is 0.317 e. The first kappa shape index (κ1) is 20.0. The minimum absolute atomic E-state index is 0.0268. The minimum atomic E-state index is -0.506. The molecule has 0 aliphatic carbocycles. The normalized spacial score (nSPS) is 13.9. The van der Waals surface area contributed by atoms with Crippen molar-refractivity contribution in [3.05, 3.63) is 58.1 Å². The van der Waals surface area contributed by atoms with Gasteiger partial charge in [-0.2, -0.15) is 0 Å². The summed E-state index contributed by atoms with van der Waals surface area (Å²) < 4.78 is 14.3. The number of fused-ring (bicyclic) bond motifs is 2. The molecule has 32 heavy (non-hydrogen) atoms. The zero-order valence-corrected chi connectivity index (χ0v) is 17.2. The van der Waals surface area contributed by atoms with E-state index in [4.69, 9.17) is 5.73 Å². The summed E-state index contributed by atoms with van der Waals surface area (Å²) in [6.07, 6.45) is 0. The molecule has 10 heteroatoms. The molecule has 0 radical (unpaired) electrons. The molecule has 0 unspecified atom stereocenters. The lowest BCUT2D eigenvalue weighted by atomic mass is 10.1. The zero-order valence-electron chi connectivity index (χ0n) is 17.2. The molecule has 1 aliphatic heterocycles. The number of benzene rings is 2. The van der Waals surface area contributed by atoms with E-state index in [2.05, 4.69) is 25.6 Å². The first-order valence-corrected chi connectivity index (χ1v) is 10.3. The highest BCUT2D eigenvalue weighted by molar-refractivity contribution is 5.98. The third-order valence-electron chi connectivity index (χ3n) is 5.64. The second-order valence-corrected chi connectivity index (χ2v) is 7.74. The molecule has 0 bridgehead atoms. The van der Waals surface area contributed by atoms with E-state index in [0.29, 0.717) is 37.2 Å². The highest BCUT2D eigenvalue weighted by atomic mass is 19.1. The Labute approximate surface area is 181 Å². The molecule has 0 spiro atoms. The van der Waals surface area contributed by atoms with E-state index in [1.54, 1.807) is 11.0 Å². The van der Waals surface area contributed by atoms with Crippen molar-refractivity contribution in [3.8, 4) is 11.4 Å². The van der Waals surface area contributed by atoms with Gasteiger partial charge in [0.1, 0.15) is 17.2 Å². The average Bonchev–Trinajstić information content (AvgIpc) is 3.36. The summed E-state index contributed by atoms with van der Waals surface area (Å²) in [5.74, 6) is -0.220. The molecular weight excluding hydrogens is 413 g/mol. The number of hydrogen-bond acceptors (Lipinski definition) is 5. The fourth-order valence-corrected chi connectivity index (χ4v) is 4.03. The first-order chi connectivity index (χ1) is 15.5. The predicted molar refractivity (Wildman–Crippen MR) is 121 cm³/mol. The SMILES string of the molecule is Nc1c(-c2nc3ccc(CNCCN4CCNC4=O)cc3[nH]2)c(=O)[nH]c2cccc(F)c12. The number of hydrogen-bond donors (Lipinski definition) is 5. The Morgan fingerprint density at radius 2 is 2.03 bits per heavy atom. The number of imidazole rings is 1. The van der Waals surface area contributed by atoms with E-state index >= 15 is 0 Å². The number of nitrogens with zero attached hydrogens (tertiary/aromatic N) is 2. The third kappa shape index (κ3) is 3.54. The lowest BCUT2D eigenvalue weighted by molar-refractivity contribution is 0.217. The molecule has 2 aromatic carbocycles. The van der Waals surface area contributed by atoms with E-state index in [9.17, 15) is 14.0 Å². The van der Waals surface area contributed by atoms with Crippen LogP contribution in [0, 0.1) is 5.82 Å². The summed E-state index contributed by atoms with van der Waals surface area (Å²) in [4.78, 5) is 36.3. The summed E-state index contributed by atoms with van der Waals surface area (Å²) in [6, 6.07) is 10.1. The third-order valence-corrected chi connectivity index (χ3v) is 5.64. The predicted octanol–water partition coefficient (Wildman–Crippen LogP) is 1.91. The lowest BCUT2D eigenvalue weighted by Gasteiger charge is -2.14. The Kier molecular flexibility index (Phi) is 4.98. The Morgan fingerprint density at radius 3 is 2.84 bits per heavy atom. The molecule has 3 heterocycles. The number of halogens is 1. The number of H-pyrrole nitrogens is 2. The van der Waals surface area contributed by atoms with Crippen molar-refractivity contribution in [2.75, 3.05) is 31.9 Å².